The average Bonchev–Trinajstić information content (AvgIpc) is 3.05. The summed E-state index contributed by atoms with van der Waals surface area (Å²) in [5, 5.41) is 3.07. The Bertz CT molecular complexity index is 669. The molecule has 0 bridgehead atoms. The van der Waals surface area contributed by atoms with Gasteiger partial charge in [0.25, 0.3) is 5.91 Å². The molecule has 2 saturated heterocycles. The first-order valence-corrected chi connectivity index (χ1v) is 9.26. The molecule has 1 N–H and O–H groups in total. The second-order valence-electron chi connectivity index (χ2n) is 7.33. The Morgan fingerprint density at radius 3 is 2.54 bits per heavy atom. The Labute approximate surface area is 153 Å². The van der Waals surface area contributed by atoms with E-state index in [1.807, 2.05) is 13.8 Å². The molecule has 0 aromatic carbocycles. The van der Waals surface area contributed by atoms with Gasteiger partial charge in [-0.25, -0.2) is 0 Å². The number of amides is 3. The molecule has 0 saturated carbocycles. The summed E-state index contributed by atoms with van der Waals surface area (Å²) in [4.78, 5) is 44.5. The van der Waals surface area contributed by atoms with Crippen molar-refractivity contribution in [3.05, 3.63) is 30.1 Å². The van der Waals surface area contributed by atoms with Crippen molar-refractivity contribution < 1.29 is 14.4 Å². The number of piperidine rings is 1. The maximum absolute atomic E-state index is 12.5. The van der Waals surface area contributed by atoms with Crippen LogP contribution in [-0.4, -0.2) is 64.2 Å². The fourth-order valence-corrected chi connectivity index (χ4v) is 3.60. The molecule has 3 amide bonds. The Hall–Kier alpha value is -2.44. The summed E-state index contributed by atoms with van der Waals surface area (Å²) < 4.78 is 0. The lowest BCUT2D eigenvalue weighted by Crippen LogP contribution is -2.48. The molecule has 7 nitrogen and oxygen atoms in total. The summed E-state index contributed by atoms with van der Waals surface area (Å²) in [6.07, 6.45) is 3.35. The highest BCUT2D eigenvalue weighted by Gasteiger charge is 2.36. The molecule has 140 valence electrons. The molecule has 1 atom stereocenters. The van der Waals surface area contributed by atoms with Crippen LogP contribution in [0.15, 0.2) is 24.4 Å². The van der Waals surface area contributed by atoms with Gasteiger partial charge in [0.05, 0.1) is 5.92 Å². The molecule has 2 fully saturated rings. The number of nitrogens with zero attached hydrogens (tertiary/aromatic N) is 3. The van der Waals surface area contributed by atoms with Crippen molar-refractivity contribution in [3.63, 3.8) is 0 Å². The van der Waals surface area contributed by atoms with Crippen LogP contribution in [-0.2, 0) is 9.59 Å². The van der Waals surface area contributed by atoms with Crippen molar-refractivity contribution in [2.75, 3.05) is 19.6 Å². The highest BCUT2D eigenvalue weighted by atomic mass is 16.2. The van der Waals surface area contributed by atoms with E-state index in [-0.39, 0.29) is 35.7 Å². The maximum Gasteiger partial charge on any atom is 0.272 e. The van der Waals surface area contributed by atoms with Crippen molar-refractivity contribution in [3.8, 4) is 0 Å². The van der Waals surface area contributed by atoms with Crippen molar-refractivity contribution in [1.82, 2.24) is 20.1 Å². The van der Waals surface area contributed by atoms with E-state index in [9.17, 15) is 14.4 Å². The fraction of sp³-hybridized carbons (Fsp3) is 0.579. The van der Waals surface area contributed by atoms with E-state index in [0.717, 1.165) is 12.8 Å². The summed E-state index contributed by atoms with van der Waals surface area (Å²) in [7, 11) is 0. The molecule has 0 spiro atoms. The lowest BCUT2D eigenvalue weighted by atomic mass is 10.0. The van der Waals surface area contributed by atoms with Crippen molar-refractivity contribution in [2.45, 2.75) is 45.2 Å². The van der Waals surface area contributed by atoms with E-state index in [4.69, 9.17) is 0 Å². The Kier molecular flexibility index (Phi) is 5.54. The van der Waals surface area contributed by atoms with Gasteiger partial charge in [-0.15, -0.1) is 0 Å². The number of hydrogen-bond acceptors (Lipinski definition) is 4. The summed E-state index contributed by atoms with van der Waals surface area (Å²) in [5.41, 5.74) is 0.452. The highest BCUT2D eigenvalue weighted by Crippen LogP contribution is 2.21. The smallest absolute Gasteiger partial charge is 0.272 e. The molecule has 3 heterocycles. The quantitative estimate of drug-likeness (QED) is 0.872. The fourth-order valence-electron chi connectivity index (χ4n) is 3.60. The van der Waals surface area contributed by atoms with Crippen LogP contribution >= 0.6 is 0 Å². The largest absolute Gasteiger partial charge is 0.353 e. The van der Waals surface area contributed by atoms with Gasteiger partial charge in [-0.2, -0.15) is 0 Å². The normalized spacial score (nSPS) is 21.3. The maximum atomic E-state index is 12.5. The van der Waals surface area contributed by atoms with E-state index < -0.39 is 0 Å². The lowest BCUT2D eigenvalue weighted by molar-refractivity contribution is -0.130. The third-order valence-electron chi connectivity index (χ3n) is 5.17. The predicted octanol–water partition coefficient (Wildman–Crippen LogP) is 1.06. The molecule has 1 aromatic heterocycles. The van der Waals surface area contributed by atoms with Gasteiger partial charge in [0.15, 0.2) is 0 Å². The second kappa shape index (κ2) is 7.85. The van der Waals surface area contributed by atoms with Crippen molar-refractivity contribution >= 4 is 17.7 Å². The van der Waals surface area contributed by atoms with Gasteiger partial charge in [-0.1, -0.05) is 6.07 Å². The summed E-state index contributed by atoms with van der Waals surface area (Å²) in [6, 6.07) is 5.48. The van der Waals surface area contributed by atoms with Crippen LogP contribution in [0.3, 0.4) is 0 Å². The number of carbonyl (C=O) groups is 3. The predicted molar refractivity (Wildman–Crippen MR) is 96.3 cm³/mol. The zero-order valence-electron chi connectivity index (χ0n) is 15.4. The third kappa shape index (κ3) is 4.03. The Morgan fingerprint density at radius 1 is 1.23 bits per heavy atom. The van der Waals surface area contributed by atoms with E-state index in [2.05, 4.69) is 10.3 Å². The molecule has 7 heteroatoms. The first-order chi connectivity index (χ1) is 12.5. The molecule has 3 rings (SSSR count). The van der Waals surface area contributed by atoms with Gasteiger partial charge in [0.1, 0.15) is 5.69 Å². The van der Waals surface area contributed by atoms with Gasteiger partial charge in [-0.3, -0.25) is 19.4 Å². The van der Waals surface area contributed by atoms with Gasteiger partial charge in [-0.05, 0) is 38.8 Å². The summed E-state index contributed by atoms with van der Waals surface area (Å²) in [5.74, 6) is -0.325. The molecular formula is C19H26N4O3. The first-order valence-electron chi connectivity index (χ1n) is 9.26. The number of rotatable bonds is 4. The van der Waals surface area contributed by atoms with E-state index >= 15 is 0 Å². The molecular weight excluding hydrogens is 332 g/mol. The van der Waals surface area contributed by atoms with Crippen molar-refractivity contribution in [2.24, 2.45) is 5.92 Å². The highest BCUT2D eigenvalue weighted by molar-refractivity contribution is 5.92. The average molecular weight is 358 g/mol. The third-order valence-corrected chi connectivity index (χ3v) is 5.17. The molecule has 2 aliphatic rings. The topological polar surface area (TPSA) is 82.6 Å². The van der Waals surface area contributed by atoms with Gasteiger partial charge in [0, 0.05) is 44.3 Å². The minimum atomic E-state index is -0.266. The van der Waals surface area contributed by atoms with Crippen molar-refractivity contribution in [1.29, 1.82) is 0 Å². The molecule has 0 radical (unpaired) electrons. The number of pyridine rings is 1. The van der Waals surface area contributed by atoms with Gasteiger partial charge < -0.3 is 15.1 Å². The van der Waals surface area contributed by atoms with Crippen LogP contribution in [0, 0.1) is 5.92 Å². The van der Waals surface area contributed by atoms with Crippen LogP contribution in [0.4, 0.5) is 0 Å². The summed E-state index contributed by atoms with van der Waals surface area (Å²) in [6.45, 7) is 5.63. The second-order valence-corrected chi connectivity index (χ2v) is 7.33. The van der Waals surface area contributed by atoms with Crippen LogP contribution in [0.2, 0.25) is 0 Å². The molecule has 1 unspecified atom stereocenters. The minimum absolute atomic E-state index is 0.0454. The van der Waals surface area contributed by atoms with Gasteiger partial charge >= 0.3 is 0 Å². The number of likely N-dealkylation sites (tertiary alicyclic amines) is 2. The number of hydrogen-bond donors (Lipinski definition) is 1. The Morgan fingerprint density at radius 2 is 1.96 bits per heavy atom. The van der Waals surface area contributed by atoms with Gasteiger partial charge in [0.2, 0.25) is 11.8 Å². The van der Waals surface area contributed by atoms with Crippen LogP contribution in [0.25, 0.3) is 0 Å². The SMILES string of the molecule is CC(C)N1CC(C(=O)NC2CCN(C(=O)c3ccccn3)CC2)CC1=O. The van der Waals surface area contributed by atoms with E-state index in [1.165, 1.54) is 0 Å². The van der Waals surface area contributed by atoms with Crippen LogP contribution in [0.1, 0.15) is 43.6 Å². The number of carbonyl (C=O) groups excluding carboxylic acids is 3. The Balaban J connectivity index is 1.48. The first kappa shape index (κ1) is 18.4. The molecule has 0 aliphatic carbocycles. The minimum Gasteiger partial charge on any atom is -0.353 e. The standard InChI is InChI=1S/C19H26N4O3/c1-13(2)23-12-14(11-17(23)24)18(25)21-15-6-9-22(10-7-15)19(26)16-5-3-4-8-20-16/h3-5,8,13-15H,6-7,9-12H2,1-2H3,(H,21,25). The lowest BCUT2D eigenvalue weighted by Gasteiger charge is -2.32. The monoisotopic (exact) mass is 358 g/mol. The van der Waals surface area contributed by atoms with Crippen LogP contribution < -0.4 is 5.32 Å². The van der Waals surface area contributed by atoms with E-state index in [0.29, 0.717) is 31.7 Å². The summed E-state index contributed by atoms with van der Waals surface area (Å²) >= 11 is 0. The molecule has 26 heavy (non-hydrogen) atoms. The number of aromatic nitrogens is 1. The molecule has 2 aliphatic heterocycles. The number of nitrogens with one attached hydrogen (secondary N) is 1. The van der Waals surface area contributed by atoms with E-state index in [1.54, 1.807) is 34.2 Å². The zero-order chi connectivity index (χ0) is 18.7. The van der Waals surface area contributed by atoms with Crippen LogP contribution in [0.5, 0.6) is 0 Å². The molecule has 1 aromatic rings. The zero-order valence-corrected chi connectivity index (χ0v) is 15.4.